The number of nitrogens with zero attached hydrogens (tertiary/aromatic N) is 1. The van der Waals surface area contributed by atoms with Gasteiger partial charge in [0.15, 0.2) is 0 Å². The number of sulfonamides is 1. The lowest BCUT2D eigenvalue weighted by Gasteiger charge is -2.33. The Morgan fingerprint density at radius 3 is 2.74 bits per heavy atom. The Hall–Kier alpha value is -1.56. The molecule has 1 atom stereocenters. The molecular formula is C13H17NO4S. The monoisotopic (exact) mass is 283 g/mol. The Kier molecular flexibility index (Phi) is 3.80. The molecule has 1 aromatic carbocycles. The molecule has 0 saturated carbocycles. The number of carbonyl (C=O) groups is 1. The van der Waals surface area contributed by atoms with Crippen molar-refractivity contribution in [3.05, 3.63) is 29.8 Å². The lowest BCUT2D eigenvalue weighted by Crippen LogP contribution is -2.39. The summed E-state index contributed by atoms with van der Waals surface area (Å²) in [5.41, 5.74) is 1.09. The smallest absolute Gasteiger partial charge is 0.311 e. The summed E-state index contributed by atoms with van der Waals surface area (Å²) >= 11 is 0. The zero-order valence-electron chi connectivity index (χ0n) is 10.7. The molecule has 0 spiro atoms. The van der Waals surface area contributed by atoms with E-state index in [-0.39, 0.29) is 12.3 Å². The topological polar surface area (TPSA) is 74.7 Å². The molecule has 1 N–H and O–H groups in total. The molecule has 0 fully saturated rings. The number of fused-ring (bicyclic) bond motifs is 1. The summed E-state index contributed by atoms with van der Waals surface area (Å²) in [5, 5.41) is 9.21. The van der Waals surface area contributed by atoms with Gasteiger partial charge in [-0.2, -0.15) is 0 Å². The van der Waals surface area contributed by atoms with Gasteiger partial charge in [0, 0.05) is 6.54 Å². The highest BCUT2D eigenvalue weighted by atomic mass is 32.2. The quantitative estimate of drug-likeness (QED) is 0.914. The summed E-state index contributed by atoms with van der Waals surface area (Å²) in [5.74, 6) is -1.44. The lowest BCUT2D eigenvalue weighted by molar-refractivity contribution is -0.139. The SMILES string of the molecule is CCCS(=O)(=O)N1CCC(C(=O)O)c2ccccc21. The van der Waals surface area contributed by atoms with Gasteiger partial charge in [-0.1, -0.05) is 25.1 Å². The number of carboxylic acids is 1. The molecule has 0 radical (unpaired) electrons. The Labute approximate surface area is 112 Å². The number of hydrogen-bond acceptors (Lipinski definition) is 3. The van der Waals surface area contributed by atoms with Crippen molar-refractivity contribution < 1.29 is 18.3 Å². The van der Waals surface area contributed by atoms with Crippen LogP contribution >= 0.6 is 0 Å². The van der Waals surface area contributed by atoms with Crippen LogP contribution in [0.5, 0.6) is 0 Å². The fraction of sp³-hybridized carbons (Fsp3) is 0.462. The molecule has 0 amide bonds. The maximum atomic E-state index is 12.2. The predicted molar refractivity (Wildman–Crippen MR) is 72.9 cm³/mol. The third kappa shape index (κ3) is 2.58. The van der Waals surface area contributed by atoms with Crippen molar-refractivity contribution in [2.45, 2.75) is 25.7 Å². The molecular weight excluding hydrogens is 266 g/mol. The maximum Gasteiger partial charge on any atom is 0.311 e. The van der Waals surface area contributed by atoms with Crippen molar-refractivity contribution in [2.75, 3.05) is 16.6 Å². The van der Waals surface area contributed by atoms with Crippen LogP contribution in [-0.2, 0) is 14.8 Å². The fourth-order valence-electron chi connectivity index (χ4n) is 2.45. The molecule has 19 heavy (non-hydrogen) atoms. The summed E-state index contributed by atoms with van der Waals surface area (Å²) in [6, 6.07) is 6.85. The van der Waals surface area contributed by atoms with Gasteiger partial charge in [-0.15, -0.1) is 0 Å². The lowest BCUT2D eigenvalue weighted by atomic mass is 9.91. The van der Waals surface area contributed by atoms with E-state index in [1.54, 1.807) is 24.3 Å². The van der Waals surface area contributed by atoms with Gasteiger partial charge in [0.05, 0.1) is 17.4 Å². The van der Waals surface area contributed by atoms with Crippen LogP contribution in [0.1, 0.15) is 31.2 Å². The molecule has 1 unspecified atom stereocenters. The van der Waals surface area contributed by atoms with Crippen molar-refractivity contribution in [2.24, 2.45) is 0 Å². The second-order valence-corrected chi connectivity index (χ2v) is 6.64. The second-order valence-electron chi connectivity index (χ2n) is 4.63. The van der Waals surface area contributed by atoms with Crippen LogP contribution < -0.4 is 4.31 Å². The summed E-state index contributed by atoms with van der Waals surface area (Å²) in [4.78, 5) is 11.2. The van der Waals surface area contributed by atoms with Crippen molar-refractivity contribution >= 4 is 21.7 Å². The van der Waals surface area contributed by atoms with Crippen LogP contribution in [0.2, 0.25) is 0 Å². The standard InChI is InChI=1S/C13H17NO4S/c1-2-9-19(17,18)14-8-7-11(13(15)16)10-5-3-4-6-12(10)14/h3-6,11H,2,7-9H2,1H3,(H,15,16). The Morgan fingerprint density at radius 1 is 1.42 bits per heavy atom. The van der Waals surface area contributed by atoms with Crippen molar-refractivity contribution in [1.82, 2.24) is 0 Å². The molecule has 0 bridgehead atoms. The van der Waals surface area contributed by atoms with E-state index in [2.05, 4.69) is 0 Å². The van der Waals surface area contributed by atoms with Crippen LogP contribution in [0, 0.1) is 0 Å². The molecule has 1 aromatic rings. The largest absolute Gasteiger partial charge is 0.481 e. The minimum Gasteiger partial charge on any atom is -0.481 e. The Morgan fingerprint density at radius 2 is 2.11 bits per heavy atom. The van der Waals surface area contributed by atoms with E-state index in [1.165, 1.54) is 4.31 Å². The maximum absolute atomic E-state index is 12.2. The molecule has 1 aliphatic heterocycles. The van der Waals surface area contributed by atoms with Gasteiger partial charge >= 0.3 is 5.97 Å². The Balaban J connectivity index is 2.47. The molecule has 6 heteroatoms. The minimum atomic E-state index is -3.36. The van der Waals surface area contributed by atoms with Gasteiger partial charge in [0.25, 0.3) is 0 Å². The summed E-state index contributed by atoms with van der Waals surface area (Å²) in [7, 11) is -3.36. The number of rotatable bonds is 4. The normalized spacial score (nSPS) is 19.0. The molecule has 0 aliphatic carbocycles. The van der Waals surface area contributed by atoms with E-state index in [4.69, 9.17) is 0 Å². The number of aliphatic carboxylic acids is 1. The summed E-state index contributed by atoms with van der Waals surface area (Å²) < 4.78 is 25.8. The first-order chi connectivity index (χ1) is 8.97. The van der Waals surface area contributed by atoms with Gasteiger partial charge in [0.2, 0.25) is 10.0 Å². The molecule has 0 saturated heterocycles. The first kappa shape index (κ1) is 13.9. The van der Waals surface area contributed by atoms with E-state index < -0.39 is 21.9 Å². The van der Waals surface area contributed by atoms with E-state index in [9.17, 15) is 18.3 Å². The van der Waals surface area contributed by atoms with Crippen LogP contribution in [0.25, 0.3) is 0 Å². The van der Waals surface area contributed by atoms with E-state index in [0.717, 1.165) is 0 Å². The van der Waals surface area contributed by atoms with E-state index >= 15 is 0 Å². The number of anilines is 1. The van der Waals surface area contributed by atoms with Gasteiger partial charge in [-0.25, -0.2) is 8.42 Å². The molecule has 104 valence electrons. The van der Waals surface area contributed by atoms with E-state index in [1.807, 2.05) is 6.92 Å². The van der Waals surface area contributed by atoms with Crippen LogP contribution in [0.3, 0.4) is 0 Å². The second kappa shape index (κ2) is 5.21. The zero-order chi connectivity index (χ0) is 14.0. The van der Waals surface area contributed by atoms with Crippen LogP contribution in [-0.4, -0.2) is 31.8 Å². The van der Waals surface area contributed by atoms with Crippen LogP contribution in [0.15, 0.2) is 24.3 Å². The Bertz CT molecular complexity index is 582. The van der Waals surface area contributed by atoms with Gasteiger partial charge in [-0.05, 0) is 24.5 Å². The predicted octanol–water partition coefficient (Wildman–Crippen LogP) is 1.80. The van der Waals surface area contributed by atoms with Crippen molar-refractivity contribution in [3.63, 3.8) is 0 Å². The first-order valence-electron chi connectivity index (χ1n) is 6.29. The molecule has 0 aromatic heterocycles. The molecule has 1 heterocycles. The molecule has 5 nitrogen and oxygen atoms in total. The zero-order valence-corrected chi connectivity index (χ0v) is 11.6. The fourth-order valence-corrected chi connectivity index (χ4v) is 4.03. The minimum absolute atomic E-state index is 0.0824. The van der Waals surface area contributed by atoms with Crippen molar-refractivity contribution in [1.29, 1.82) is 0 Å². The number of carboxylic acid groups (broad SMARTS) is 1. The number of para-hydroxylation sites is 1. The van der Waals surface area contributed by atoms with Gasteiger partial charge in [0.1, 0.15) is 0 Å². The van der Waals surface area contributed by atoms with Gasteiger partial charge < -0.3 is 5.11 Å². The summed E-state index contributed by atoms with van der Waals surface area (Å²) in [6.45, 7) is 2.05. The van der Waals surface area contributed by atoms with Crippen LogP contribution in [0.4, 0.5) is 5.69 Å². The first-order valence-corrected chi connectivity index (χ1v) is 7.90. The average molecular weight is 283 g/mol. The third-order valence-electron chi connectivity index (χ3n) is 3.30. The summed E-state index contributed by atoms with van der Waals surface area (Å²) in [6.07, 6.45) is 0.860. The van der Waals surface area contributed by atoms with Gasteiger partial charge in [-0.3, -0.25) is 9.10 Å². The number of hydrogen-bond donors (Lipinski definition) is 1. The highest BCUT2D eigenvalue weighted by Crippen LogP contribution is 2.36. The molecule has 1 aliphatic rings. The highest BCUT2D eigenvalue weighted by molar-refractivity contribution is 7.92. The van der Waals surface area contributed by atoms with Crippen molar-refractivity contribution in [3.8, 4) is 0 Å². The highest BCUT2D eigenvalue weighted by Gasteiger charge is 2.34. The third-order valence-corrected chi connectivity index (χ3v) is 5.27. The van der Waals surface area contributed by atoms with E-state index in [0.29, 0.717) is 24.1 Å². The number of benzene rings is 1. The molecule has 2 rings (SSSR count). The average Bonchev–Trinajstić information content (AvgIpc) is 2.37.